The maximum atomic E-state index is 13.9. The number of nitrogens with one attached hydrogen (secondary N) is 1. The molecule has 166 valence electrons. The fourth-order valence-corrected chi connectivity index (χ4v) is 3.89. The summed E-state index contributed by atoms with van der Waals surface area (Å²) in [6.45, 7) is 1.26. The van der Waals surface area contributed by atoms with Gasteiger partial charge in [0.15, 0.2) is 0 Å². The van der Waals surface area contributed by atoms with E-state index in [0.717, 1.165) is 23.4 Å². The summed E-state index contributed by atoms with van der Waals surface area (Å²) >= 11 is 0. The van der Waals surface area contributed by atoms with Gasteiger partial charge >= 0.3 is 0 Å². The molecule has 1 saturated heterocycles. The van der Waals surface area contributed by atoms with Crippen molar-refractivity contribution in [2.45, 2.75) is 19.3 Å². The van der Waals surface area contributed by atoms with Crippen LogP contribution in [0.3, 0.4) is 0 Å². The largest absolute Gasteiger partial charge is 0.356 e. The maximum absolute atomic E-state index is 13.9. The molecule has 0 aliphatic carbocycles. The summed E-state index contributed by atoms with van der Waals surface area (Å²) in [6, 6.07) is 12.8. The summed E-state index contributed by atoms with van der Waals surface area (Å²) in [5.74, 6) is -2.27. The first-order valence-electron chi connectivity index (χ1n) is 10.6. The lowest BCUT2D eigenvalue weighted by atomic mass is 9.95. The van der Waals surface area contributed by atoms with Crippen LogP contribution in [0.4, 0.5) is 8.78 Å². The summed E-state index contributed by atoms with van der Waals surface area (Å²) in [5, 5.41) is 7.17. The Kier molecular flexibility index (Phi) is 6.58. The van der Waals surface area contributed by atoms with Gasteiger partial charge in [-0.1, -0.05) is 12.1 Å². The Bertz CT molecular complexity index is 1080. The number of rotatable bonds is 6. The van der Waals surface area contributed by atoms with Gasteiger partial charge in [0, 0.05) is 44.0 Å². The minimum Gasteiger partial charge on any atom is -0.356 e. The first-order chi connectivity index (χ1) is 15.5. The summed E-state index contributed by atoms with van der Waals surface area (Å²) in [7, 11) is 0. The zero-order chi connectivity index (χ0) is 22.5. The van der Waals surface area contributed by atoms with E-state index < -0.39 is 17.5 Å². The van der Waals surface area contributed by atoms with E-state index in [9.17, 15) is 18.4 Å². The minimum absolute atomic E-state index is 0.0294. The first kappa shape index (κ1) is 21.7. The molecule has 0 unspecified atom stereocenters. The van der Waals surface area contributed by atoms with Crippen LogP contribution in [-0.4, -0.2) is 46.1 Å². The van der Waals surface area contributed by atoms with Gasteiger partial charge in [-0.25, -0.2) is 13.5 Å². The Balaban J connectivity index is 1.22. The lowest BCUT2D eigenvalue weighted by Crippen LogP contribution is -2.43. The number of benzene rings is 2. The predicted octanol–water partition coefficient (Wildman–Crippen LogP) is 3.36. The van der Waals surface area contributed by atoms with Crippen molar-refractivity contribution in [2.24, 2.45) is 5.92 Å². The van der Waals surface area contributed by atoms with Gasteiger partial charge in [-0.2, -0.15) is 5.10 Å². The SMILES string of the molecule is O=C(NCCc1ccc(-n2cccn2)cc1)C1CCN(C(=O)c2ccc(F)cc2F)CC1. The third kappa shape index (κ3) is 5.01. The van der Waals surface area contributed by atoms with Gasteiger partial charge in [0.2, 0.25) is 5.91 Å². The van der Waals surface area contributed by atoms with Crippen LogP contribution in [0.5, 0.6) is 0 Å². The predicted molar refractivity (Wildman–Crippen MR) is 115 cm³/mol. The van der Waals surface area contributed by atoms with Crippen molar-refractivity contribution in [3.8, 4) is 5.69 Å². The topological polar surface area (TPSA) is 67.2 Å². The average molecular weight is 438 g/mol. The van der Waals surface area contributed by atoms with Gasteiger partial charge in [0.05, 0.1) is 11.3 Å². The smallest absolute Gasteiger partial charge is 0.256 e. The number of carbonyl (C=O) groups is 2. The Morgan fingerprint density at radius 3 is 2.47 bits per heavy atom. The summed E-state index contributed by atoms with van der Waals surface area (Å²) in [5.41, 5.74) is 1.94. The number of aromatic nitrogens is 2. The number of hydrogen-bond donors (Lipinski definition) is 1. The van der Waals surface area contributed by atoms with Gasteiger partial charge < -0.3 is 10.2 Å². The average Bonchev–Trinajstić information content (AvgIpc) is 3.34. The normalized spacial score (nSPS) is 14.4. The molecule has 6 nitrogen and oxygen atoms in total. The Morgan fingerprint density at radius 2 is 1.81 bits per heavy atom. The number of nitrogens with zero attached hydrogens (tertiary/aromatic N) is 3. The molecule has 1 aromatic heterocycles. The molecule has 0 atom stereocenters. The molecule has 2 amide bonds. The third-order valence-electron chi connectivity index (χ3n) is 5.73. The Morgan fingerprint density at radius 1 is 1.06 bits per heavy atom. The molecule has 8 heteroatoms. The highest BCUT2D eigenvalue weighted by Gasteiger charge is 2.28. The molecule has 32 heavy (non-hydrogen) atoms. The van der Waals surface area contributed by atoms with E-state index in [2.05, 4.69) is 10.4 Å². The summed E-state index contributed by atoms with van der Waals surface area (Å²) < 4.78 is 28.7. The molecule has 3 aromatic rings. The molecule has 2 heterocycles. The quantitative estimate of drug-likeness (QED) is 0.642. The van der Waals surface area contributed by atoms with Gasteiger partial charge in [0.1, 0.15) is 11.6 Å². The van der Waals surface area contributed by atoms with Crippen molar-refractivity contribution >= 4 is 11.8 Å². The fourth-order valence-electron chi connectivity index (χ4n) is 3.89. The second kappa shape index (κ2) is 9.72. The minimum atomic E-state index is -0.868. The molecule has 0 spiro atoms. The molecule has 4 rings (SSSR count). The Labute approximate surface area is 184 Å². The molecule has 1 aliphatic heterocycles. The number of piperidine rings is 1. The number of hydrogen-bond acceptors (Lipinski definition) is 3. The van der Waals surface area contributed by atoms with E-state index >= 15 is 0 Å². The van der Waals surface area contributed by atoms with Crippen LogP contribution in [0, 0.1) is 17.6 Å². The van der Waals surface area contributed by atoms with E-state index in [-0.39, 0.29) is 17.4 Å². The van der Waals surface area contributed by atoms with Crippen molar-refractivity contribution in [1.29, 1.82) is 0 Å². The van der Waals surface area contributed by atoms with Crippen molar-refractivity contribution in [1.82, 2.24) is 20.0 Å². The molecule has 0 saturated carbocycles. The van der Waals surface area contributed by atoms with Crippen molar-refractivity contribution in [2.75, 3.05) is 19.6 Å². The third-order valence-corrected chi connectivity index (χ3v) is 5.73. The lowest BCUT2D eigenvalue weighted by molar-refractivity contribution is -0.126. The maximum Gasteiger partial charge on any atom is 0.256 e. The van der Waals surface area contributed by atoms with Crippen molar-refractivity contribution < 1.29 is 18.4 Å². The monoisotopic (exact) mass is 438 g/mol. The highest BCUT2D eigenvalue weighted by atomic mass is 19.1. The van der Waals surface area contributed by atoms with Crippen LogP contribution in [0.1, 0.15) is 28.8 Å². The first-order valence-corrected chi connectivity index (χ1v) is 10.6. The van der Waals surface area contributed by atoms with Crippen LogP contribution in [0.2, 0.25) is 0 Å². The Hall–Kier alpha value is -3.55. The molecular formula is C24H24F2N4O2. The highest BCUT2D eigenvalue weighted by molar-refractivity contribution is 5.94. The van der Waals surface area contributed by atoms with E-state index in [1.807, 2.05) is 36.5 Å². The molecule has 2 aromatic carbocycles. The standard InChI is InChI=1S/C24H24F2N4O2/c25-19-4-7-21(22(26)16-19)24(32)29-14-9-18(10-15-29)23(31)27-12-8-17-2-5-20(6-3-17)30-13-1-11-28-30/h1-7,11,13,16,18H,8-10,12,14-15H2,(H,27,31). The summed E-state index contributed by atoms with van der Waals surface area (Å²) in [6.07, 6.45) is 5.35. The fraction of sp³-hybridized carbons (Fsp3) is 0.292. The van der Waals surface area contributed by atoms with E-state index in [0.29, 0.717) is 45.0 Å². The van der Waals surface area contributed by atoms with Gasteiger partial charge in [0.25, 0.3) is 5.91 Å². The second-order valence-corrected chi connectivity index (χ2v) is 7.85. The zero-order valence-corrected chi connectivity index (χ0v) is 17.5. The second-order valence-electron chi connectivity index (χ2n) is 7.85. The van der Waals surface area contributed by atoms with Crippen molar-refractivity contribution in [3.63, 3.8) is 0 Å². The molecule has 1 N–H and O–H groups in total. The van der Waals surface area contributed by atoms with Crippen LogP contribution in [0.15, 0.2) is 60.9 Å². The van der Waals surface area contributed by atoms with Crippen LogP contribution in [0.25, 0.3) is 5.69 Å². The van der Waals surface area contributed by atoms with E-state index in [1.165, 1.54) is 4.90 Å². The number of carbonyl (C=O) groups excluding carboxylic acids is 2. The zero-order valence-electron chi connectivity index (χ0n) is 17.5. The van der Waals surface area contributed by atoms with Crippen molar-refractivity contribution in [3.05, 3.63) is 83.7 Å². The van der Waals surface area contributed by atoms with E-state index in [4.69, 9.17) is 0 Å². The highest BCUT2D eigenvalue weighted by Crippen LogP contribution is 2.21. The molecule has 1 fully saturated rings. The molecular weight excluding hydrogens is 414 g/mol. The van der Waals surface area contributed by atoms with Gasteiger partial charge in [-0.15, -0.1) is 0 Å². The molecule has 0 bridgehead atoms. The van der Waals surface area contributed by atoms with Crippen LogP contribution in [-0.2, 0) is 11.2 Å². The lowest BCUT2D eigenvalue weighted by Gasteiger charge is -2.31. The van der Waals surface area contributed by atoms with Gasteiger partial charge in [-0.05, 0) is 55.2 Å². The number of amides is 2. The van der Waals surface area contributed by atoms with Crippen LogP contribution >= 0.6 is 0 Å². The van der Waals surface area contributed by atoms with E-state index in [1.54, 1.807) is 10.9 Å². The van der Waals surface area contributed by atoms with Crippen LogP contribution < -0.4 is 5.32 Å². The molecule has 1 aliphatic rings. The number of halogens is 2. The molecule has 0 radical (unpaired) electrons. The number of likely N-dealkylation sites (tertiary alicyclic amines) is 1. The van der Waals surface area contributed by atoms with Gasteiger partial charge in [-0.3, -0.25) is 9.59 Å². The summed E-state index contributed by atoms with van der Waals surface area (Å²) in [4.78, 5) is 26.5.